The quantitative estimate of drug-likeness (QED) is 0.169. The van der Waals surface area contributed by atoms with Gasteiger partial charge in [-0.05, 0) is 12.5 Å². The van der Waals surface area contributed by atoms with Crippen LogP contribution in [0.4, 0.5) is 10.6 Å². The molecule has 0 saturated carbocycles. The van der Waals surface area contributed by atoms with Crippen LogP contribution in [0.2, 0.25) is 0 Å². The number of hydrogen-bond donors (Lipinski definition) is 4. The zero-order valence-corrected chi connectivity index (χ0v) is 25.6. The van der Waals surface area contributed by atoms with Gasteiger partial charge in [0.25, 0.3) is 0 Å². The Morgan fingerprint density at radius 1 is 0.978 bits per heavy atom. The summed E-state index contributed by atoms with van der Waals surface area (Å²) in [5, 5.41) is 5.26. The number of fused-ring (bicyclic) bond motifs is 2. The zero-order chi connectivity index (χ0) is 31.6. The van der Waals surface area contributed by atoms with E-state index in [0.717, 1.165) is 5.56 Å². The van der Waals surface area contributed by atoms with Gasteiger partial charge in [-0.25, -0.2) is 28.6 Å². The predicted molar refractivity (Wildman–Crippen MR) is 158 cm³/mol. The lowest BCUT2D eigenvalue weighted by atomic mass is 10.1. The van der Waals surface area contributed by atoms with Crippen molar-refractivity contribution in [2.45, 2.75) is 43.9 Å². The van der Waals surface area contributed by atoms with Crippen LogP contribution in [-0.4, -0.2) is 66.8 Å². The normalized spacial score (nSPS) is 25.4. The first-order valence-corrected chi connectivity index (χ1v) is 17.2. The first-order chi connectivity index (χ1) is 21.6. The number of nitrogens with zero attached hydrogens (tertiary/aromatic N) is 4. The number of phosphoric acid groups is 1. The van der Waals surface area contributed by atoms with E-state index in [1.807, 2.05) is 30.3 Å². The summed E-state index contributed by atoms with van der Waals surface area (Å²) >= 11 is 0. The molecule has 18 heteroatoms. The second kappa shape index (κ2) is 13.0. The lowest BCUT2D eigenvalue weighted by Crippen LogP contribution is -2.31. The Morgan fingerprint density at radius 2 is 1.69 bits per heavy atom. The van der Waals surface area contributed by atoms with Gasteiger partial charge in [-0.3, -0.25) is 19.0 Å². The first-order valence-electron chi connectivity index (χ1n) is 13.9. The molecule has 6 rings (SSSR count). The summed E-state index contributed by atoms with van der Waals surface area (Å²) in [6.45, 7) is 1.64. The van der Waals surface area contributed by atoms with Gasteiger partial charge in [-0.2, -0.15) is 0 Å². The van der Waals surface area contributed by atoms with E-state index in [0.29, 0.717) is 17.8 Å². The van der Waals surface area contributed by atoms with Crippen LogP contribution in [0.5, 0.6) is 0 Å². The second-order valence-electron chi connectivity index (χ2n) is 10.2. The fraction of sp³-hybridized carbons (Fsp3) is 0.333. The second-order valence-corrected chi connectivity index (χ2v) is 13.6. The molecule has 0 spiro atoms. The van der Waals surface area contributed by atoms with Crippen molar-refractivity contribution in [2.24, 2.45) is 0 Å². The van der Waals surface area contributed by atoms with Crippen molar-refractivity contribution in [1.82, 2.24) is 24.8 Å². The number of anilines is 1. The van der Waals surface area contributed by atoms with Gasteiger partial charge in [-0.1, -0.05) is 60.7 Å². The van der Waals surface area contributed by atoms with Gasteiger partial charge in [0.05, 0.1) is 19.1 Å². The van der Waals surface area contributed by atoms with Gasteiger partial charge in [0.15, 0.2) is 29.5 Å². The summed E-state index contributed by atoms with van der Waals surface area (Å²) in [7, 11) is -9.60. The number of hydrogen-bond acceptors (Lipinski definition) is 11. The summed E-state index contributed by atoms with van der Waals surface area (Å²) in [5.74, 6) is 0.173. The summed E-state index contributed by atoms with van der Waals surface area (Å²) < 4.78 is 55.6. The van der Waals surface area contributed by atoms with E-state index >= 15 is 0 Å². The zero-order valence-electron chi connectivity index (χ0n) is 23.8. The van der Waals surface area contributed by atoms with Gasteiger partial charge in [0.2, 0.25) is 0 Å². The largest absolute Gasteiger partial charge is 0.479 e. The molecule has 238 valence electrons. The molecular formula is C27H30N6O10P2. The highest BCUT2D eigenvalue weighted by Crippen LogP contribution is 2.61. The molecule has 4 aromatic rings. The summed E-state index contributed by atoms with van der Waals surface area (Å²) in [6.07, 6.45) is -2.05. The van der Waals surface area contributed by atoms with Gasteiger partial charge in [0.1, 0.15) is 24.6 Å². The number of ether oxygens (including phenoxy) is 3. The average molecular weight is 661 g/mol. The minimum atomic E-state index is -5.03. The molecule has 0 aliphatic carbocycles. The van der Waals surface area contributed by atoms with Crippen LogP contribution < -0.4 is 10.6 Å². The molecule has 0 bridgehead atoms. The van der Waals surface area contributed by atoms with Crippen LogP contribution in [-0.2, 0) is 38.3 Å². The lowest BCUT2D eigenvalue weighted by molar-refractivity contribution is -0.152. The summed E-state index contributed by atoms with van der Waals surface area (Å²) in [6, 6.07) is 16.9. The van der Waals surface area contributed by atoms with E-state index in [4.69, 9.17) is 23.0 Å². The number of imidazole rings is 1. The molecule has 4 unspecified atom stereocenters. The number of nitrogens with one attached hydrogen (secondary N) is 2. The summed E-state index contributed by atoms with van der Waals surface area (Å²) in [4.78, 5) is 45.6. The number of benzene rings is 2. The molecule has 7 atom stereocenters. The molecule has 2 aliphatic rings. The molecule has 2 aromatic heterocycles. The maximum absolute atomic E-state index is 12.8. The summed E-state index contributed by atoms with van der Waals surface area (Å²) in [5.41, 5.74) is 1.77. The van der Waals surface area contributed by atoms with Crippen molar-refractivity contribution < 1.29 is 46.8 Å². The van der Waals surface area contributed by atoms with Crippen molar-refractivity contribution in [3.63, 3.8) is 0 Å². The Morgan fingerprint density at radius 3 is 2.42 bits per heavy atom. The molecule has 2 aliphatic heterocycles. The maximum Gasteiger partial charge on any atom is 0.479 e. The molecule has 2 aromatic carbocycles. The SMILES string of the molecule is CCNC(=O)Nc1ncnc2c1ncn2[C@@H]1O[C@H](COP(=O)(O)OP(=O)(O)Cc2ccccc2)C2O[C@@H](c3ccccc3)OC21. The number of urea groups is 1. The van der Waals surface area contributed by atoms with Crippen LogP contribution in [0.3, 0.4) is 0 Å². The fourth-order valence-corrected chi connectivity index (χ4v) is 7.81. The van der Waals surface area contributed by atoms with Crippen LogP contribution in [0.1, 0.15) is 30.6 Å². The topological polar surface area (TPSA) is 205 Å². The number of aromatic nitrogens is 4. The predicted octanol–water partition coefficient (Wildman–Crippen LogP) is 3.87. The number of amides is 2. The van der Waals surface area contributed by atoms with E-state index in [1.165, 1.54) is 12.7 Å². The number of carbonyl (C=O) groups excluding carboxylic acids is 1. The molecule has 2 fully saturated rings. The highest BCUT2D eigenvalue weighted by Gasteiger charge is 2.54. The Hall–Kier alpha value is -3.56. The van der Waals surface area contributed by atoms with Gasteiger partial charge in [-0.15, -0.1) is 0 Å². The van der Waals surface area contributed by atoms with E-state index in [2.05, 4.69) is 25.6 Å². The fourth-order valence-electron chi connectivity index (χ4n) is 5.10. The van der Waals surface area contributed by atoms with E-state index in [-0.39, 0.29) is 11.3 Å². The average Bonchev–Trinajstić information content (AvgIpc) is 3.71. The lowest BCUT2D eigenvalue weighted by Gasteiger charge is -2.22. The molecule has 16 nitrogen and oxygen atoms in total. The monoisotopic (exact) mass is 660 g/mol. The van der Waals surface area contributed by atoms with Gasteiger partial charge < -0.3 is 29.3 Å². The van der Waals surface area contributed by atoms with Crippen molar-refractivity contribution in [1.29, 1.82) is 0 Å². The van der Waals surface area contributed by atoms with Crippen molar-refractivity contribution in [2.75, 3.05) is 18.5 Å². The van der Waals surface area contributed by atoms with Crippen molar-refractivity contribution in [3.8, 4) is 0 Å². The molecule has 45 heavy (non-hydrogen) atoms. The minimum absolute atomic E-state index is 0.173. The molecule has 4 N–H and O–H groups in total. The number of phosphoric ester groups is 1. The Kier molecular flexibility index (Phi) is 9.11. The Balaban J connectivity index is 1.22. The highest BCUT2D eigenvalue weighted by atomic mass is 31.3. The Bertz CT molecular complexity index is 1750. The van der Waals surface area contributed by atoms with Crippen LogP contribution >= 0.6 is 15.4 Å². The van der Waals surface area contributed by atoms with Crippen molar-refractivity contribution in [3.05, 3.63) is 84.4 Å². The van der Waals surface area contributed by atoms with E-state index in [1.54, 1.807) is 41.8 Å². The van der Waals surface area contributed by atoms with E-state index in [9.17, 15) is 23.7 Å². The third-order valence-electron chi connectivity index (χ3n) is 6.98. The molecule has 2 saturated heterocycles. The molecule has 0 radical (unpaired) electrons. The molecule has 2 amide bonds. The smallest absolute Gasteiger partial charge is 0.347 e. The van der Waals surface area contributed by atoms with Crippen molar-refractivity contribution >= 4 is 38.4 Å². The standard InChI is InChI=1S/C27H30N6O10P2/c1-2-28-27(34)32-23-20-24(30-15-29-23)33(16-31-20)25-22-21(41-26(42-22)18-11-7-4-8-12-18)19(40-25)13-39-45(37,38)43-44(35,36)14-17-9-5-3-6-10-17/h3-12,15-16,19,21-22,25-26H,2,13-14H2,1H3,(H,35,36)(H,37,38)(H2,28,29,30,32,34)/t19-,21?,22?,25-,26-/m1/s1. The van der Waals surface area contributed by atoms with Crippen LogP contribution in [0.25, 0.3) is 11.2 Å². The minimum Gasteiger partial charge on any atom is -0.347 e. The van der Waals surface area contributed by atoms with Crippen LogP contribution in [0, 0.1) is 0 Å². The third-order valence-corrected chi connectivity index (χ3v) is 10.1. The highest BCUT2D eigenvalue weighted by molar-refractivity contribution is 7.63. The Labute approximate surface area is 256 Å². The maximum atomic E-state index is 12.8. The number of rotatable bonds is 11. The first kappa shape index (κ1) is 31.4. The van der Waals surface area contributed by atoms with Gasteiger partial charge >= 0.3 is 21.4 Å². The number of carbonyl (C=O) groups is 1. The van der Waals surface area contributed by atoms with E-state index < -0.39 is 65.0 Å². The van der Waals surface area contributed by atoms with Crippen LogP contribution in [0.15, 0.2) is 73.3 Å². The third kappa shape index (κ3) is 7.15. The van der Waals surface area contributed by atoms with Gasteiger partial charge in [0, 0.05) is 12.1 Å². The molecular weight excluding hydrogens is 630 g/mol. The molecule has 4 heterocycles.